The fourth-order valence-corrected chi connectivity index (χ4v) is 8.55. The summed E-state index contributed by atoms with van der Waals surface area (Å²) in [6.07, 6.45) is 2.99. The van der Waals surface area contributed by atoms with E-state index >= 15 is 0 Å². The van der Waals surface area contributed by atoms with Gasteiger partial charge in [0, 0.05) is 49.3 Å². The molecule has 9 nitrogen and oxygen atoms in total. The van der Waals surface area contributed by atoms with Crippen LogP contribution in [0.5, 0.6) is 0 Å². The van der Waals surface area contributed by atoms with E-state index in [1.807, 2.05) is 60.7 Å². The maximum Gasteiger partial charge on any atom is 0.407 e. The zero-order valence-electron chi connectivity index (χ0n) is 25.5. The number of amides is 3. The molecule has 2 aromatic carbocycles. The van der Waals surface area contributed by atoms with Crippen LogP contribution in [0.15, 0.2) is 107 Å². The van der Waals surface area contributed by atoms with E-state index < -0.39 is 12.1 Å². The Bertz CT molecular complexity index is 1570. The lowest BCUT2D eigenvalue weighted by Crippen LogP contribution is -2.48. The number of alkyl carbamates (subject to hydrolysis) is 1. The number of hydrogen-bond acceptors (Lipinski definition) is 10. The summed E-state index contributed by atoms with van der Waals surface area (Å²) in [6, 6.07) is 26.7. The third-order valence-electron chi connectivity index (χ3n) is 7.17. The molecule has 5 rings (SSSR count). The first-order chi connectivity index (χ1) is 23.1. The number of benzene rings is 2. The molecule has 2 heterocycles. The van der Waals surface area contributed by atoms with Crippen molar-refractivity contribution in [1.29, 1.82) is 0 Å². The number of carbonyl (C=O) groups excluding carboxylic acids is 3. The Morgan fingerprint density at radius 2 is 1.28 bits per heavy atom. The van der Waals surface area contributed by atoms with Crippen LogP contribution >= 0.6 is 43.2 Å². The summed E-state index contributed by atoms with van der Waals surface area (Å²) < 4.78 is 5.69. The van der Waals surface area contributed by atoms with Crippen molar-refractivity contribution in [2.24, 2.45) is 0 Å². The van der Waals surface area contributed by atoms with E-state index in [1.165, 1.54) is 10.8 Å². The molecule has 1 aliphatic carbocycles. The van der Waals surface area contributed by atoms with Gasteiger partial charge >= 0.3 is 6.09 Å². The van der Waals surface area contributed by atoms with Crippen LogP contribution in [0.25, 0.3) is 11.1 Å². The summed E-state index contributed by atoms with van der Waals surface area (Å²) in [7, 11) is 6.25. The monoisotopic (exact) mass is 705 g/mol. The molecule has 1 atom stereocenters. The molecule has 47 heavy (non-hydrogen) atoms. The second-order valence-electron chi connectivity index (χ2n) is 10.3. The number of hydrogen-bond donors (Lipinski definition) is 3. The molecule has 0 aliphatic heterocycles. The second-order valence-corrected chi connectivity index (χ2v) is 15.2. The lowest BCUT2D eigenvalue weighted by atomic mass is 9.98. The predicted octanol–water partition coefficient (Wildman–Crippen LogP) is 6.58. The van der Waals surface area contributed by atoms with Crippen LogP contribution < -0.4 is 16.0 Å². The molecule has 1 aliphatic rings. The van der Waals surface area contributed by atoms with Crippen LogP contribution in [0.1, 0.15) is 29.9 Å². The van der Waals surface area contributed by atoms with Crippen LogP contribution in [0.2, 0.25) is 0 Å². The molecule has 3 amide bonds. The van der Waals surface area contributed by atoms with E-state index in [2.05, 4.69) is 50.2 Å². The van der Waals surface area contributed by atoms with Crippen LogP contribution in [-0.4, -0.2) is 65.1 Å². The Morgan fingerprint density at radius 1 is 0.723 bits per heavy atom. The van der Waals surface area contributed by atoms with E-state index in [9.17, 15) is 14.4 Å². The summed E-state index contributed by atoms with van der Waals surface area (Å²) in [5.41, 5.74) is 4.47. The maximum atomic E-state index is 13.2. The molecule has 0 spiro atoms. The predicted molar refractivity (Wildman–Crippen MR) is 192 cm³/mol. The average molecular weight is 706 g/mol. The van der Waals surface area contributed by atoms with Crippen molar-refractivity contribution < 1.29 is 19.1 Å². The van der Waals surface area contributed by atoms with Gasteiger partial charge in [-0.05, 0) is 74.5 Å². The summed E-state index contributed by atoms with van der Waals surface area (Å²) in [5, 5.41) is 10.3. The van der Waals surface area contributed by atoms with Gasteiger partial charge in [-0.2, -0.15) is 0 Å². The van der Waals surface area contributed by atoms with Gasteiger partial charge in [0.05, 0.1) is 0 Å². The zero-order chi connectivity index (χ0) is 32.7. The van der Waals surface area contributed by atoms with Crippen molar-refractivity contribution >= 4 is 61.1 Å². The Labute approximate surface area is 290 Å². The molecule has 0 radical (unpaired) electrons. The van der Waals surface area contributed by atoms with Crippen molar-refractivity contribution in [2.75, 3.05) is 31.2 Å². The largest absolute Gasteiger partial charge is 0.449 e. The Balaban J connectivity index is 1.10. The van der Waals surface area contributed by atoms with Crippen molar-refractivity contribution in [3.05, 3.63) is 108 Å². The van der Waals surface area contributed by atoms with Gasteiger partial charge in [-0.1, -0.05) is 82.3 Å². The SMILES string of the molecule is O=C(CCC(NC(=O)OCC1c2ccccc2-c2ccccc21)C(=O)NCCSSc1ccccn1)NCCSSc1ccccn1. The number of ether oxygens (including phenoxy) is 1. The van der Waals surface area contributed by atoms with Crippen LogP contribution in [0.4, 0.5) is 4.79 Å². The standard InChI is InChI=1S/C34H35N5O4S4/c40-30(35-19-21-44-46-31-13-5-7-17-36-31)16-15-29(33(41)38-20-22-45-47-32-14-6-8-18-37-32)39-34(42)43-23-28-26-11-3-1-9-24(26)25-10-2-4-12-27(25)28/h1-14,17-18,28-29H,15-16,19-23H2,(H,35,40)(H,38,41)(H,39,42). The number of fused-ring (bicyclic) bond motifs is 3. The molecule has 0 bridgehead atoms. The zero-order valence-corrected chi connectivity index (χ0v) is 28.8. The number of carbonyl (C=O) groups is 3. The summed E-state index contributed by atoms with van der Waals surface area (Å²) >= 11 is 0. The molecule has 0 saturated heterocycles. The molecule has 3 N–H and O–H groups in total. The van der Waals surface area contributed by atoms with Crippen LogP contribution in [0.3, 0.4) is 0 Å². The smallest absolute Gasteiger partial charge is 0.407 e. The van der Waals surface area contributed by atoms with Gasteiger partial charge < -0.3 is 20.7 Å². The van der Waals surface area contributed by atoms with Gasteiger partial charge in [0.2, 0.25) is 11.8 Å². The first-order valence-corrected chi connectivity index (χ1v) is 19.8. The highest BCUT2D eigenvalue weighted by molar-refractivity contribution is 8.77. The average Bonchev–Trinajstić information content (AvgIpc) is 3.43. The van der Waals surface area contributed by atoms with Crippen molar-refractivity contribution in [3.8, 4) is 11.1 Å². The Kier molecular flexibility index (Phi) is 13.7. The van der Waals surface area contributed by atoms with Crippen molar-refractivity contribution in [1.82, 2.24) is 25.9 Å². The number of aromatic nitrogens is 2. The van der Waals surface area contributed by atoms with Gasteiger partial charge in [0.1, 0.15) is 22.7 Å². The molecule has 1 unspecified atom stereocenters. The molecule has 2 aromatic heterocycles. The van der Waals surface area contributed by atoms with E-state index in [0.717, 1.165) is 32.3 Å². The van der Waals surface area contributed by atoms with E-state index in [-0.39, 0.29) is 37.2 Å². The summed E-state index contributed by atoms with van der Waals surface area (Å²) in [5.74, 6) is 0.677. The van der Waals surface area contributed by atoms with Crippen molar-refractivity contribution in [3.63, 3.8) is 0 Å². The summed E-state index contributed by atoms with van der Waals surface area (Å²) in [6.45, 7) is 0.999. The first kappa shape index (κ1) is 34.7. The molecule has 244 valence electrons. The fraction of sp³-hybridized carbons (Fsp3) is 0.265. The van der Waals surface area contributed by atoms with E-state index in [0.29, 0.717) is 24.6 Å². The Morgan fingerprint density at radius 3 is 1.85 bits per heavy atom. The van der Waals surface area contributed by atoms with Gasteiger partial charge in [0.15, 0.2) is 0 Å². The third-order valence-corrected chi connectivity index (χ3v) is 11.7. The fourth-order valence-electron chi connectivity index (χ4n) is 4.98. The normalized spacial score (nSPS) is 12.4. The lowest BCUT2D eigenvalue weighted by Gasteiger charge is -2.20. The first-order valence-electron chi connectivity index (χ1n) is 15.2. The van der Waals surface area contributed by atoms with E-state index in [1.54, 1.807) is 44.8 Å². The van der Waals surface area contributed by atoms with Crippen molar-refractivity contribution in [2.45, 2.75) is 34.9 Å². The highest BCUT2D eigenvalue weighted by atomic mass is 33.1. The molecular formula is C34H35N5O4S4. The van der Waals surface area contributed by atoms with Gasteiger partial charge in [-0.15, -0.1) is 0 Å². The minimum Gasteiger partial charge on any atom is -0.449 e. The highest BCUT2D eigenvalue weighted by Crippen LogP contribution is 2.44. The minimum atomic E-state index is -0.932. The number of nitrogens with one attached hydrogen (secondary N) is 3. The van der Waals surface area contributed by atoms with E-state index in [4.69, 9.17) is 4.74 Å². The molecule has 13 heteroatoms. The van der Waals surface area contributed by atoms with Gasteiger partial charge in [-0.3, -0.25) is 9.59 Å². The minimum absolute atomic E-state index is 0.0735. The van der Waals surface area contributed by atoms with Crippen LogP contribution in [0, 0.1) is 0 Å². The topological polar surface area (TPSA) is 122 Å². The molecule has 4 aromatic rings. The molecule has 0 fully saturated rings. The number of pyridine rings is 2. The quantitative estimate of drug-likeness (QED) is 0.0821. The number of rotatable bonds is 17. The molecular weight excluding hydrogens is 671 g/mol. The third kappa shape index (κ3) is 10.7. The summed E-state index contributed by atoms with van der Waals surface area (Å²) in [4.78, 5) is 47.4. The molecule has 0 saturated carbocycles. The van der Waals surface area contributed by atoms with Gasteiger partial charge in [-0.25, -0.2) is 14.8 Å². The Hall–Kier alpha value is -3.65. The highest BCUT2D eigenvalue weighted by Gasteiger charge is 2.30. The van der Waals surface area contributed by atoms with Gasteiger partial charge in [0.25, 0.3) is 0 Å². The second kappa shape index (κ2) is 18.6. The lowest BCUT2D eigenvalue weighted by molar-refractivity contribution is -0.124. The maximum absolute atomic E-state index is 13.2. The van der Waals surface area contributed by atoms with Crippen LogP contribution in [-0.2, 0) is 14.3 Å². The number of nitrogens with zero attached hydrogens (tertiary/aromatic N) is 2.